The van der Waals surface area contributed by atoms with Crippen LogP contribution < -0.4 is 2.89 Å². The van der Waals surface area contributed by atoms with Crippen molar-refractivity contribution in [1.82, 2.24) is 0 Å². The van der Waals surface area contributed by atoms with Gasteiger partial charge in [-0.15, -0.1) is 0 Å². The minimum absolute atomic E-state index is 0.975. The molecule has 0 aliphatic rings. The summed E-state index contributed by atoms with van der Waals surface area (Å²) in [6, 6.07) is 4.58. The van der Waals surface area contributed by atoms with Gasteiger partial charge in [-0.05, 0) is 0 Å². The van der Waals surface area contributed by atoms with Gasteiger partial charge in [-0.3, -0.25) is 0 Å². The van der Waals surface area contributed by atoms with Gasteiger partial charge in [0.15, 0.2) is 0 Å². The van der Waals surface area contributed by atoms with Crippen molar-refractivity contribution < 1.29 is 0 Å². The van der Waals surface area contributed by atoms with E-state index in [2.05, 4.69) is 56.7 Å². The van der Waals surface area contributed by atoms with Gasteiger partial charge < -0.3 is 0 Å². The average molecular weight is 365 g/mol. The van der Waals surface area contributed by atoms with Crippen LogP contribution in [0.25, 0.3) is 0 Å². The van der Waals surface area contributed by atoms with Gasteiger partial charge in [0.25, 0.3) is 0 Å². The summed E-state index contributed by atoms with van der Waals surface area (Å²) in [5.41, 5.74) is 0. The molecule has 0 fully saturated rings. The second-order valence-corrected chi connectivity index (χ2v) is 19.1. The number of allylic oxidation sites excluding steroid dienone is 4. The predicted octanol–water partition coefficient (Wildman–Crippen LogP) is 4.69. The molecule has 0 bridgehead atoms. The summed E-state index contributed by atoms with van der Waals surface area (Å²) >= 11 is -0.428. The fourth-order valence-electron chi connectivity index (χ4n) is 2.30. The molecule has 0 atom stereocenters. The van der Waals surface area contributed by atoms with Crippen molar-refractivity contribution in [2.75, 3.05) is 0 Å². The van der Waals surface area contributed by atoms with Gasteiger partial charge >= 0.3 is 120 Å². The van der Waals surface area contributed by atoms with Crippen LogP contribution in [0.4, 0.5) is 0 Å². The molecule has 0 saturated heterocycles. The molecule has 1 heterocycles. The third-order valence-electron chi connectivity index (χ3n) is 3.14. The fourth-order valence-corrected chi connectivity index (χ4v) is 17.0. The van der Waals surface area contributed by atoms with Gasteiger partial charge in [0, 0.05) is 0 Å². The molecular weight excluding hydrogens is 343 g/mol. The van der Waals surface area contributed by atoms with Crippen molar-refractivity contribution in [3.63, 3.8) is 0 Å². The molecule has 0 unspecified atom stereocenters. The van der Waals surface area contributed by atoms with Gasteiger partial charge in [0.2, 0.25) is 0 Å². The van der Waals surface area contributed by atoms with E-state index >= 15 is 0 Å². The molecule has 1 aromatic rings. The van der Waals surface area contributed by atoms with Crippen molar-refractivity contribution in [1.29, 1.82) is 0 Å². The second-order valence-electron chi connectivity index (χ2n) is 4.52. The summed E-state index contributed by atoms with van der Waals surface area (Å²) < 4.78 is 5.11. The van der Waals surface area contributed by atoms with Crippen LogP contribution in [-0.2, 0) is 6.42 Å². The van der Waals surface area contributed by atoms with Crippen LogP contribution in [0.3, 0.4) is 0 Å². The number of rotatable bonds is 9. The zero-order valence-corrected chi connectivity index (χ0v) is 14.7. The van der Waals surface area contributed by atoms with Crippen molar-refractivity contribution >= 4 is 32.6 Å². The first-order valence-electron chi connectivity index (χ1n) is 6.25. The molecule has 96 valence electrons. The zero-order valence-electron chi connectivity index (χ0n) is 11.0. The van der Waals surface area contributed by atoms with Crippen LogP contribution in [-0.4, -0.2) is 18.4 Å². The van der Waals surface area contributed by atoms with E-state index in [0.29, 0.717) is 0 Å². The number of thiophene rings is 1. The van der Waals surface area contributed by atoms with E-state index in [4.69, 9.17) is 0 Å². The predicted molar refractivity (Wildman–Crippen MR) is 88.6 cm³/mol. The summed E-state index contributed by atoms with van der Waals surface area (Å²) in [5, 5.41) is 0. The Hall–Kier alpha value is -0.541. The van der Waals surface area contributed by atoms with Crippen LogP contribution in [0, 0.1) is 0 Å². The molecule has 0 spiro atoms. The Morgan fingerprint density at radius 1 is 0.889 bits per heavy atom. The molecule has 18 heavy (non-hydrogen) atoms. The molecule has 0 amide bonds. The van der Waals surface area contributed by atoms with Gasteiger partial charge in [0.05, 0.1) is 0 Å². The Kier molecular flexibility index (Phi) is 6.72. The zero-order chi connectivity index (χ0) is 13.4. The van der Waals surface area contributed by atoms with Gasteiger partial charge in [0.1, 0.15) is 0 Å². The Balaban J connectivity index is 3.11. The molecule has 0 nitrogen and oxygen atoms in total. The third kappa shape index (κ3) is 3.72. The Morgan fingerprint density at radius 2 is 1.44 bits per heavy atom. The summed E-state index contributed by atoms with van der Waals surface area (Å²) in [7, 11) is 0. The monoisotopic (exact) mass is 366 g/mol. The van der Waals surface area contributed by atoms with E-state index in [-0.39, 0.29) is 0 Å². The normalized spacial score (nSPS) is 10.9. The Bertz CT molecular complexity index is 402. The summed E-state index contributed by atoms with van der Waals surface area (Å²) in [6.45, 7) is 15.7. The molecule has 0 N–H and O–H groups in total. The maximum atomic E-state index is 3.95. The van der Waals surface area contributed by atoms with E-state index in [1.165, 1.54) is 18.2 Å². The average Bonchev–Trinajstić information content (AvgIpc) is 2.79. The maximum absolute atomic E-state index is 3.95. The molecule has 0 aromatic carbocycles. The van der Waals surface area contributed by atoms with E-state index < -0.39 is 18.4 Å². The molecule has 0 saturated carbocycles. The topological polar surface area (TPSA) is 0 Å². The van der Waals surface area contributed by atoms with Gasteiger partial charge in [-0.2, -0.15) is 0 Å². The first kappa shape index (κ1) is 15.5. The van der Waals surface area contributed by atoms with Crippen molar-refractivity contribution in [3.8, 4) is 0 Å². The van der Waals surface area contributed by atoms with Crippen LogP contribution in [0.2, 0.25) is 13.3 Å². The number of hydrogen-bond acceptors (Lipinski definition) is 1. The third-order valence-corrected chi connectivity index (χ3v) is 20.5. The van der Waals surface area contributed by atoms with Crippen LogP contribution in [0.15, 0.2) is 62.8 Å². The molecule has 2 heteroatoms. The molecule has 0 aliphatic carbocycles. The van der Waals surface area contributed by atoms with E-state index in [1.54, 1.807) is 2.89 Å². The van der Waals surface area contributed by atoms with Gasteiger partial charge in [-0.25, -0.2) is 0 Å². The minimum atomic E-state index is -2.39. The van der Waals surface area contributed by atoms with E-state index in [9.17, 15) is 0 Å². The van der Waals surface area contributed by atoms with Crippen molar-refractivity contribution in [3.05, 3.63) is 67.6 Å². The van der Waals surface area contributed by atoms with Crippen molar-refractivity contribution in [2.45, 2.75) is 19.7 Å². The second kappa shape index (κ2) is 7.80. The Morgan fingerprint density at radius 3 is 1.89 bits per heavy atom. The molecule has 0 aliphatic heterocycles. The first-order chi connectivity index (χ1) is 8.72. The standard InChI is InChI=1S/C7H7S.3C3H5.Sn/c1-2-4-7-5-3-6-8-7;3*1-3-2;/h2-3,5H,1,4H2;3*3H,1-2H2;. The Labute approximate surface area is 119 Å². The SMILES string of the molecule is C=CCc1cc[c]([Sn]([CH2]C=C)([CH2]C=C)[CH2]C=C)s1. The first-order valence-corrected chi connectivity index (χ1v) is 14.5. The molecule has 1 aromatic heterocycles. The van der Waals surface area contributed by atoms with Gasteiger partial charge in [-0.1, -0.05) is 0 Å². The van der Waals surface area contributed by atoms with Crippen LogP contribution in [0.1, 0.15) is 4.88 Å². The van der Waals surface area contributed by atoms with Crippen LogP contribution in [0.5, 0.6) is 0 Å². The van der Waals surface area contributed by atoms with E-state index in [1.807, 2.05) is 17.4 Å². The molecule has 0 radical (unpaired) electrons. The summed E-state index contributed by atoms with van der Waals surface area (Å²) in [6.07, 6.45) is 9.23. The molecule has 1 rings (SSSR count). The summed E-state index contributed by atoms with van der Waals surface area (Å²) in [5.74, 6) is 0. The molecular formula is C16H22SSn. The summed E-state index contributed by atoms with van der Waals surface area (Å²) in [4.78, 5) is 1.42. The van der Waals surface area contributed by atoms with Crippen LogP contribution >= 0.6 is 11.3 Å². The fraction of sp³-hybridized carbons (Fsp3) is 0.250. The van der Waals surface area contributed by atoms with Crippen molar-refractivity contribution in [2.24, 2.45) is 0 Å². The quantitative estimate of drug-likeness (QED) is 0.440. The number of hydrogen-bond donors (Lipinski definition) is 0. The van der Waals surface area contributed by atoms with E-state index in [0.717, 1.165) is 6.42 Å².